The molecule has 0 radical (unpaired) electrons. The molecule has 0 unspecified atom stereocenters. The number of amides is 3. The number of carbonyl (C=O) groups is 3. The van der Waals surface area contributed by atoms with E-state index < -0.39 is 35.9 Å². The van der Waals surface area contributed by atoms with Crippen molar-refractivity contribution in [2.45, 2.75) is 82.0 Å². The Bertz CT molecular complexity index is 2160. The molecule has 4 heterocycles. The van der Waals surface area contributed by atoms with Crippen LogP contribution < -0.4 is 15.5 Å². The fourth-order valence-electron chi connectivity index (χ4n) is 9.20. The molecule has 5 atom stereocenters. The van der Waals surface area contributed by atoms with Crippen molar-refractivity contribution < 1.29 is 42.1 Å². The van der Waals surface area contributed by atoms with E-state index in [2.05, 4.69) is 27.4 Å². The van der Waals surface area contributed by atoms with Gasteiger partial charge in [-0.3, -0.25) is 14.4 Å². The predicted molar refractivity (Wildman–Crippen MR) is 218 cm³/mol. The van der Waals surface area contributed by atoms with Crippen LogP contribution in [-0.2, 0) is 37.0 Å². The number of likely N-dealkylation sites (tertiary alicyclic amines) is 2. The zero-order valence-electron chi connectivity index (χ0n) is 33.4. The highest BCUT2D eigenvalue weighted by molar-refractivity contribution is 5.93. The third-order valence-corrected chi connectivity index (χ3v) is 12.6. The molecular formula is C46H50F3N5O6. The van der Waals surface area contributed by atoms with Crippen molar-refractivity contribution in [2.75, 3.05) is 37.7 Å². The SMILES string of the molecule is C[C@@H]1[C@H](CN2CCC3(CC2)C(=O)NCN3c2ccccc2)O[C@H](c2cccc(-c3cccc(CNC(=O)[C@@H]4CCCN4C(=O)C(F)(F)F)c3)c2)O[C@@H]1c1ccc(CO)cc1. The summed E-state index contributed by atoms with van der Waals surface area (Å²) in [5.74, 6) is -2.57. The Balaban J connectivity index is 0.978. The first kappa shape index (κ1) is 41.5. The minimum atomic E-state index is -5.04. The number of halogens is 3. The zero-order chi connectivity index (χ0) is 42.0. The number of hydrogen-bond acceptors (Lipinski definition) is 8. The van der Waals surface area contributed by atoms with E-state index in [9.17, 15) is 32.7 Å². The minimum absolute atomic E-state index is 0.0364. The molecule has 0 aromatic heterocycles. The maximum atomic E-state index is 13.4. The zero-order valence-corrected chi connectivity index (χ0v) is 33.4. The number of benzene rings is 4. The first-order chi connectivity index (χ1) is 28.9. The molecule has 316 valence electrons. The molecule has 8 rings (SSSR count). The molecule has 0 saturated carbocycles. The van der Waals surface area contributed by atoms with Gasteiger partial charge in [0.05, 0.1) is 25.5 Å². The summed E-state index contributed by atoms with van der Waals surface area (Å²) in [6, 6.07) is 32.1. The van der Waals surface area contributed by atoms with E-state index in [1.165, 1.54) is 0 Å². The largest absolute Gasteiger partial charge is 0.471 e. The summed E-state index contributed by atoms with van der Waals surface area (Å²) < 4.78 is 53.1. The van der Waals surface area contributed by atoms with Crippen LogP contribution in [0.4, 0.5) is 18.9 Å². The number of para-hydroxylation sites is 1. The lowest BCUT2D eigenvalue weighted by Crippen LogP contribution is -2.57. The summed E-state index contributed by atoms with van der Waals surface area (Å²) in [5.41, 5.74) is 5.51. The maximum absolute atomic E-state index is 13.4. The van der Waals surface area contributed by atoms with E-state index in [0.717, 1.165) is 52.2 Å². The molecule has 1 spiro atoms. The van der Waals surface area contributed by atoms with Crippen LogP contribution in [0.5, 0.6) is 0 Å². The van der Waals surface area contributed by atoms with Gasteiger partial charge in [-0.15, -0.1) is 0 Å². The molecule has 4 aliphatic rings. The number of anilines is 1. The van der Waals surface area contributed by atoms with Gasteiger partial charge in [0.25, 0.3) is 0 Å². The Labute approximate surface area is 347 Å². The average Bonchev–Trinajstić information content (AvgIpc) is 3.89. The van der Waals surface area contributed by atoms with E-state index in [1.54, 1.807) is 0 Å². The second-order valence-electron chi connectivity index (χ2n) is 16.3. The normalized spacial score (nSPS) is 24.4. The predicted octanol–water partition coefficient (Wildman–Crippen LogP) is 6.24. The van der Waals surface area contributed by atoms with Crippen LogP contribution in [0, 0.1) is 5.92 Å². The minimum Gasteiger partial charge on any atom is -0.392 e. The molecule has 3 amide bonds. The highest BCUT2D eigenvalue weighted by Gasteiger charge is 2.51. The quantitative estimate of drug-likeness (QED) is 0.172. The monoisotopic (exact) mass is 825 g/mol. The first-order valence-electron chi connectivity index (χ1n) is 20.6. The van der Waals surface area contributed by atoms with Crippen molar-refractivity contribution in [3.05, 3.63) is 125 Å². The molecule has 11 nitrogen and oxygen atoms in total. The Kier molecular flexibility index (Phi) is 12.0. The van der Waals surface area contributed by atoms with E-state index in [0.29, 0.717) is 37.4 Å². The van der Waals surface area contributed by atoms with Gasteiger partial charge in [-0.05, 0) is 77.8 Å². The number of hydrogen-bond donors (Lipinski definition) is 3. The maximum Gasteiger partial charge on any atom is 0.471 e. The van der Waals surface area contributed by atoms with Gasteiger partial charge in [0.15, 0.2) is 6.29 Å². The molecule has 4 aromatic carbocycles. The van der Waals surface area contributed by atoms with Gasteiger partial charge < -0.3 is 39.9 Å². The van der Waals surface area contributed by atoms with Crippen molar-refractivity contribution in [3.63, 3.8) is 0 Å². The third-order valence-electron chi connectivity index (χ3n) is 12.6. The van der Waals surface area contributed by atoms with Gasteiger partial charge in [0.1, 0.15) is 11.6 Å². The number of aliphatic hydroxyl groups excluding tert-OH is 1. The van der Waals surface area contributed by atoms with Crippen molar-refractivity contribution in [3.8, 4) is 11.1 Å². The summed E-state index contributed by atoms with van der Waals surface area (Å²) in [4.78, 5) is 43.5. The summed E-state index contributed by atoms with van der Waals surface area (Å²) in [5, 5.41) is 15.5. The van der Waals surface area contributed by atoms with Crippen LogP contribution in [0.25, 0.3) is 11.1 Å². The summed E-state index contributed by atoms with van der Waals surface area (Å²) in [6.45, 7) is 4.62. The van der Waals surface area contributed by atoms with E-state index in [-0.39, 0.29) is 50.2 Å². The standard InChI is InChI=1S/C46H50F3N5O6/c1-30-39(27-52-22-19-45(20-23-52)43(57)51-29-54(45)37-12-3-2-4-13-37)59-42(60-40(30)33-17-15-31(28-55)16-18-33)36-11-6-10-35(25-36)34-9-5-8-32(24-34)26-50-41(56)38-14-7-21-53(38)44(58)46(47,48)49/h2-6,8-13,15-18,24-25,30,38-40,42,55H,7,14,19-23,26-29H2,1H3,(H,50,56)(H,51,57)/t30-,38+,39+,40+,42+/m1/s1. The average molecular weight is 826 g/mol. The highest BCUT2D eigenvalue weighted by Crippen LogP contribution is 2.43. The molecule has 4 saturated heterocycles. The van der Waals surface area contributed by atoms with Gasteiger partial charge in [-0.2, -0.15) is 13.2 Å². The van der Waals surface area contributed by atoms with E-state index in [4.69, 9.17) is 9.47 Å². The van der Waals surface area contributed by atoms with Gasteiger partial charge in [-0.25, -0.2) is 0 Å². The Morgan fingerprint density at radius 2 is 1.58 bits per heavy atom. The molecule has 14 heteroatoms. The van der Waals surface area contributed by atoms with Gasteiger partial charge >= 0.3 is 12.1 Å². The van der Waals surface area contributed by atoms with Crippen molar-refractivity contribution in [1.29, 1.82) is 0 Å². The Hall–Kier alpha value is -5.28. The van der Waals surface area contributed by atoms with Crippen LogP contribution in [0.15, 0.2) is 103 Å². The number of rotatable bonds is 10. The molecule has 60 heavy (non-hydrogen) atoms. The second kappa shape index (κ2) is 17.4. The van der Waals surface area contributed by atoms with Crippen molar-refractivity contribution in [2.24, 2.45) is 5.92 Å². The number of aliphatic hydroxyl groups is 1. The number of alkyl halides is 3. The smallest absolute Gasteiger partial charge is 0.392 e. The van der Waals surface area contributed by atoms with Gasteiger partial charge in [-0.1, -0.05) is 85.8 Å². The summed E-state index contributed by atoms with van der Waals surface area (Å²) in [6.07, 6.45) is -4.43. The molecular weight excluding hydrogens is 776 g/mol. The lowest BCUT2D eigenvalue weighted by atomic mass is 9.84. The molecule has 0 aliphatic carbocycles. The van der Waals surface area contributed by atoms with Crippen LogP contribution in [0.1, 0.15) is 67.3 Å². The van der Waals surface area contributed by atoms with Crippen LogP contribution in [0.3, 0.4) is 0 Å². The molecule has 4 fully saturated rings. The Morgan fingerprint density at radius 1 is 0.867 bits per heavy atom. The van der Waals surface area contributed by atoms with E-state index >= 15 is 0 Å². The number of piperidine rings is 1. The topological polar surface area (TPSA) is 124 Å². The van der Waals surface area contributed by atoms with Crippen LogP contribution in [-0.4, -0.2) is 89.3 Å². The molecule has 0 bridgehead atoms. The fraction of sp³-hybridized carbons (Fsp3) is 0.413. The van der Waals surface area contributed by atoms with Gasteiger partial charge in [0, 0.05) is 49.9 Å². The van der Waals surface area contributed by atoms with Crippen LogP contribution in [0.2, 0.25) is 0 Å². The Morgan fingerprint density at radius 3 is 2.30 bits per heavy atom. The first-order valence-corrected chi connectivity index (χ1v) is 20.6. The molecule has 4 aromatic rings. The van der Waals surface area contributed by atoms with Gasteiger partial charge in [0.2, 0.25) is 11.8 Å². The van der Waals surface area contributed by atoms with Crippen molar-refractivity contribution in [1.82, 2.24) is 20.4 Å². The second-order valence-corrected chi connectivity index (χ2v) is 16.3. The number of nitrogens with zero attached hydrogens (tertiary/aromatic N) is 3. The summed E-state index contributed by atoms with van der Waals surface area (Å²) >= 11 is 0. The van der Waals surface area contributed by atoms with E-state index in [1.807, 2.05) is 103 Å². The van der Waals surface area contributed by atoms with Crippen molar-refractivity contribution >= 4 is 23.4 Å². The fourth-order valence-corrected chi connectivity index (χ4v) is 9.20. The highest BCUT2D eigenvalue weighted by atomic mass is 19.4. The van der Waals surface area contributed by atoms with Crippen LogP contribution >= 0.6 is 0 Å². The number of carbonyl (C=O) groups excluding carboxylic acids is 3. The molecule has 3 N–H and O–H groups in total. The third kappa shape index (κ3) is 8.51. The lowest BCUT2D eigenvalue weighted by molar-refractivity contribution is -0.276. The number of ether oxygens (including phenoxy) is 2. The summed E-state index contributed by atoms with van der Waals surface area (Å²) in [7, 11) is 0. The number of nitrogens with one attached hydrogen (secondary N) is 2. The lowest BCUT2D eigenvalue weighted by Gasteiger charge is -2.46. The molecule has 4 aliphatic heterocycles.